The van der Waals surface area contributed by atoms with Crippen LogP contribution in [0.2, 0.25) is 0 Å². The highest BCUT2D eigenvalue weighted by molar-refractivity contribution is 5.76. The quantitative estimate of drug-likeness (QED) is 0.775. The summed E-state index contributed by atoms with van der Waals surface area (Å²) in [6.45, 7) is 3.92. The Morgan fingerprint density at radius 2 is 1.83 bits per heavy atom. The minimum atomic E-state index is 0.00894. The van der Waals surface area contributed by atoms with Crippen molar-refractivity contribution in [3.05, 3.63) is 65.2 Å². The average molecular weight is 327 g/mol. The Bertz CT molecular complexity index is 668. The monoisotopic (exact) mass is 327 g/mol. The van der Waals surface area contributed by atoms with E-state index in [0.29, 0.717) is 19.6 Å². The van der Waals surface area contributed by atoms with E-state index in [1.165, 1.54) is 16.0 Å². The molecule has 0 radical (unpaired) electrons. The van der Waals surface area contributed by atoms with Gasteiger partial charge in [0.25, 0.3) is 0 Å². The summed E-state index contributed by atoms with van der Waals surface area (Å²) in [7, 11) is 4.25. The molecular formula is C20H27N2O2+. The fraction of sp³-hybridized carbons (Fsp3) is 0.350. The van der Waals surface area contributed by atoms with E-state index in [0.717, 1.165) is 17.9 Å². The Kier molecular flexibility index (Phi) is 6.82. The minimum absolute atomic E-state index is 0.00894. The first-order valence-corrected chi connectivity index (χ1v) is 8.36. The number of hydrogen-bond donors (Lipinski definition) is 2. The van der Waals surface area contributed by atoms with Crippen LogP contribution in [-0.2, 0) is 17.9 Å². The molecule has 0 unspecified atom stereocenters. The number of aryl methyl sites for hydroxylation is 1. The summed E-state index contributed by atoms with van der Waals surface area (Å²) in [5, 5.41) is 2.98. The van der Waals surface area contributed by atoms with Gasteiger partial charge in [-0.25, -0.2) is 0 Å². The molecule has 0 saturated carbocycles. The van der Waals surface area contributed by atoms with Gasteiger partial charge in [0.05, 0.1) is 27.1 Å². The predicted molar refractivity (Wildman–Crippen MR) is 96.1 cm³/mol. The molecule has 0 aliphatic rings. The van der Waals surface area contributed by atoms with Gasteiger partial charge in [0.1, 0.15) is 12.3 Å². The summed E-state index contributed by atoms with van der Waals surface area (Å²) in [5.74, 6) is 0.816. The number of carbonyl (C=O) groups is 1. The third-order valence-electron chi connectivity index (χ3n) is 3.73. The molecule has 0 fully saturated rings. The zero-order valence-corrected chi connectivity index (χ0v) is 14.8. The topological polar surface area (TPSA) is 42.8 Å². The summed E-state index contributed by atoms with van der Waals surface area (Å²) >= 11 is 0. The number of quaternary nitrogens is 1. The lowest BCUT2D eigenvalue weighted by molar-refractivity contribution is -0.872. The van der Waals surface area contributed by atoms with Crippen LogP contribution in [0.4, 0.5) is 0 Å². The fourth-order valence-electron chi connectivity index (χ4n) is 2.53. The van der Waals surface area contributed by atoms with E-state index >= 15 is 0 Å². The van der Waals surface area contributed by atoms with Crippen molar-refractivity contribution in [1.29, 1.82) is 0 Å². The molecule has 0 bridgehead atoms. The molecule has 2 aromatic rings. The normalized spacial score (nSPS) is 10.7. The van der Waals surface area contributed by atoms with Crippen LogP contribution in [0.1, 0.15) is 23.1 Å². The maximum Gasteiger partial charge on any atom is 0.223 e. The molecule has 2 rings (SSSR count). The van der Waals surface area contributed by atoms with Gasteiger partial charge in [0, 0.05) is 12.1 Å². The van der Waals surface area contributed by atoms with Crippen molar-refractivity contribution in [3.8, 4) is 5.75 Å². The van der Waals surface area contributed by atoms with Gasteiger partial charge in [-0.2, -0.15) is 0 Å². The lowest BCUT2D eigenvalue weighted by Gasteiger charge is -2.13. The molecule has 0 heterocycles. The van der Waals surface area contributed by atoms with Crippen LogP contribution < -0.4 is 15.0 Å². The number of rotatable bonds is 8. The zero-order chi connectivity index (χ0) is 17.4. The smallest absolute Gasteiger partial charge is 0.223 e. The molecule has 4 nitrogen and oxygen atoms in total. The number of ether oxygens (including phenoxy) is 1. The van der Waals surface area contributed by atoms with E-state index < -0.39 is 0 Å². The van der Waals surface area contributed by atoms with Gasteiger partial charge in [-0.1, -0.05) is 36.4 Å². The highest BCUT2D eigenvalue weighted by atomic mass is 16.5. The van der Waals surface area contributed by atoms with Crippen molar-refractivity contribution in [2.24, 2.45) is 0 Å². The van der Waals surface area contributed by atoms with Gasteiger partial charge < -0.3 is 15.0 Å². The molecule has 1 amide bonds. The number of hydrogen-bond acceptors (Lipinski definition) is 2. The van der Waals surface area contributed by atoms with Gasteiger partial charge in [0.15, 0.2) is 0 Å². The van der Waals surface area contributed by atoms with Crippen molar-refractivity contribution < 1.29 is 14.4 Å². The van der Waals surface area contributed by atoms with Gasteiger partial charge >= 0.3 is 0 Å². The third-order valence-corrected chi connectivity index (χ3v) is 3.73. The summed E-state index contributed by atoms with van der Waals surface area (Å²) in [5.41, 5.74) is 3.59. The van der Waals surface area contributed by atoms with Crippen LogP contribution in [0.15, 0.2) is 48.5 Å². The van der Waals surface area contributed by atoms with Gasteiger partial charge in [0.2, 0.25) is 5.91 Å². The molecule has 2 N–H and O–H groups in total. The molecule has 24 heavy (non-hydrogen) atoms. The lowest BCUT2D eigenvalue weighted by Crippen LogP contribution is -3.04. The zero-order valence-electron chi connectivity index (χ0n) is 14.8. The van der Waals surface area contributed by atoms with E-state index in [9.17, 15) is 4.79 Å². The lowest BCUT2D eigenvalue weighted by atomic mass is 10.1. The van der Waals surface area contributed by atoms with Crippen LogP contribution in [0.25, 0.3) is 0 Å². The van der Waals surface area contributed by atoms with Gasteiger partial charge in [-0.3, -0.25) is 4.79 Å². The van der Waals surface area contributed by atoms with Crippen LogP contribution >= 0.6 is 0 Å². The Morgan fingerprint density at radius 3 is 2.54 bits per heavy atom. The largest absolute Gasteiger partial charge is 0.493 e. The highest BCUT2D eigenvalue weighted by Crippen LogP contribution is 2.12. The van der Waals surface area contributed by atoms with Crippen LogP contribution in [0.5, 0.6) is 5.75 Å². The molecular weight excluding hydrogens is 300 g/mol. The second-order valence-electron chi connectivity index (χ2n) is 6.34. The Hall–Kier alpha value is -2.33. The predicted octanol–water partition coefficient (Wildman–Crippen LogP) is 1.72. The van der Waals surface area contributed by atoms with Crippen molar-refractivity contribution in [3.63, 3.8) is 0 Å². The molecule has 0 aliphatic heterocycles. The maximum absolute atomic E-state index is 12.0. The molecule has 4 heteroatoms. The van der Waals surface area contributed by atoms with Crippen molar-refractivity contribution >= 4 is 5.91 Å². The Labute approximate surface area is 144 Å². The molecule has 0 atom stereocenters. The molecule has 0 aliphatic carbocycles. The summed E-state index contributed by atoms with van der Waals surface area (Å²) in [6, 6.07) is 16.1. The number of benzene rings is 2. The number of amides is 1. The molecule has 0 spiro atoms. The Morgan fingerprint density at radius 1 is 1.08 bits per heavy atom. The fourth-order valence-corrected chi connectivity index (χ4v) is 2.53. The van der Waals surface area contributed by atoms with E-state index in [1.807, 2.05) is 43.3 Å². The first-order valence-electron chi connectivity index (χ1n) is 8.36. The van der Waals surface area contributed by atoms with Crippen LogP contribution in [0, 0.1) is 6.92 Å². The second-order valence-corrected chi connectivity index (χ2v) is 6.34. The third kappa shape index (κ3) is 6.05. The summed E-state index contributed by atoms with van der Waals surface area (Å²) in [4.78, 5) is 13.4. The van der Waals surface area contributed by atoms with E-state index in [2.05, 4.69) is 31.5 Å². The van der Waals surface area contributed by atoms with Crippen molar-refractivity contribution in [2.45, 2.75) is 26.4 Å². The number of carbonyl (C=O) groups excluding carboxylic acids is 1. The van der Waals surface area contributed by atoms with E-state index in [4.69, 9.17) is 4.74 Å². The molecule has 0 saturated heterocycles. The molecule has 0 aromatic heterocycles. The van der Waals surface area contributed by atoms with Crippen molar-refractivity contribution in [1.82, 2.24) is 5.32 Å². The maximum atomic E-state index is 12.0. The van der Waals surface area contributed by atoms with Crippen molar-refractivity contribution in [2.75, 3.05) is 20.7 Å². The molecule has 128 valence electrons. The standard InChI is InChI=1S/C20H26N2O2/c1-16-7-6-10-19(13-16)24-12-11-20(23)21-14-17-8-4-5-9-18(17)15-22(2)3/h4-10,13H,11-12,14-15H2,1-3H3,(H,21,23)/p+1. The summed E-state index contributed by atoms with van der Waals surface area (Å²) in [6.07, 6.45) is 0.356. The minimum Gasteiger partial charge on any atom is -0.493 e. The molecule has 2 aromatic carbocycles. The SMILES string of the molecule is Cc1cccc(OCCC(=O)NCc2ccccc2C[NH+](C)C)c1. The Balaban J connectivity index is 1.77. The van der Waals surface area contributed by atoms with Crippen LogP contribution in [0.3, 0.4) is 0 Å². The van der Waals surface area contributed by atoms with Gasteiger partial charge in [-0.15, -0.1) is 0 Å². The van der Waals surface area contributed by atoms with Gasteiger partial charge in [-0.05, 0) is 30.2 Å². The first-order chi connectivity index (χ1) is 11.5. The first kappa shape index (κ1) is 18.0. The summed E-state index contributed by atoms with van der Waals surface area (Å²) < 4.78 is 5.62. The second kappa shape index (κ2) is 9.08. The average Bonchev–Trinajstić information content (AvgIpc) is 2.53. The van der Waals surface area contributed by atoms with Crippen LogP contribution in [-0.4, -0.2) is 26.6 Å². The van der Waals surface area contributed by atoms with E-state index in [1.54, 1.807) is 0 Å². The highest BCUT2D eigenvalue weighted by Gasteiger charge is 2.07. The van der Waals surface area contributed by atoms with E-state index in [-0.39, 0.29) is 5.91 Å². The number of nitrogens with one attached hydrogen (secondary N) is 2.